The average molecular weight is 392 g/mol. The van der Waals surface area contributed by atoms with Gasteiger partial charge in [-0.25, -0.2) is 23.7 Å². The van der Waals surface area contributed by atoms with Crippen molar-refractivity contribution >= 4 is 22.5 Å². The summed E-state index contributed by atoms with van der Waals surface area (Å²) in [6.45, 7) is 0.286. The first kappa shape index (κ1) is 17.9. The molecule has 0 saturated heterocycles. The van der Waals surface area contributed by atoms with Gasteiger partial charge in [0.05, 0.1) is 16.6 Å². The van der Waals surface area contributed by atoms with Crippen molar-refractivity contribution in [2.24, 2.45) is 0 Å². The summed E-state index contributed by atoms with van der Waals surface area (Å²) in [5, 5.41) is 9.18. The van der Waals surface area contributed by atoms with Gasteiger partial charge < -0.3 is 5.32 Å². The molecule has 2 N–H and O–H groups in total. The largest absolute Gasteiger partial charge is 0.417 e. The van der Waals surface area contributed by atoms with Crippen molar-refractivity contribution in [1.82, 2.24) is 24.6 Å². The molecule has 7 nitrogen and oxygen atoms in total. The lowest BCUT2D eigenvalue weighted by Crippen LogP contribution is -2.14. The van der Waals surface area contributed by atoms with E-state index >= 15 is 0 Å². The molecule has 0 bridgehead atoms. The van der Waals surface area contributed by atoms with Crippen molar-refractivity contribution in [1.29, 1.82) is 0 Å². The van der Waals surface area contributed by atoms with Crippen LogP contribution in [0.25, 0.3) is 16.7 Å². The second-order valence-corrected chi connectivity index (χ2v) is 5.99. The number of hydrogen-bond donors (Lipinski definition) is 2. The minimum absolute atomic E-state index is 0.184. The lowest BCUT2D eigenvalue weighted by Gasteiger charge is -2.09. The zero-order valence-corrected chi connectivity index (χ0v) is 14.1. The molecular formula is C17H12F4N6O. The molecule has 0 fully saturated rings. The van der Waals surface area contributed by atoms with Crippen LogP contribution in [-0.2, 0) is 12.6 Å². The van der Waals surface area contributed by atoms with Gasteiger partial charge in [-0.05, 0) is 24.3 Å². The van der Waals surface area contributed by atoms with Crippen LogP contribution in [0, 0.1) is 5.82 Å². The number of fused-ring (bicyclic) bond motifs is 3. The van der Waals surface area contributed by atoms with E-state index in [1.807, 2.05) is 0 Å². The minimum Gasteiger partial charge on any atom is -0.367 e. The van der Waals surface area contributed by atoms with Gasteiger partial charge in [-0.3, -0.25) is 4.98 Å². The number of alkyl halides is 3. The maximum atomic E-state index is 13.5. The number of anilines is 1. The van der Waals surface area contributed by atoms with E-state index in [2.05, 4.69) is 25.5 Å². The highest BCUT2D eigenvalue weighted by Gasteiger charge is 2.30. The number of rotatable bonds is 4. The second-order valence-electron chi connectivity index (χ2n) is 5.99. The maximum Gasteiger partial charge on any atom is 0.417 e. The zero-order valence-electron chi connectivity index (χ0n) is 14.1. The fourth-order valence-corrected chi connectivity index (χ4v) is 2.79. The van der Waals surface area contributed by atoms with Crippen molar-refractivity contribution in [2.45, 2.75) is 12.6 Å². The first-order valence-corrected chi connectivity index (χ1v) is 8.15. The van der Waals surface area contributed by atoms with Gasteiger partial charge >= 0.3 is 11.9 Å². The number of halogens is 4. The van der Waals surface area contributed by atoms with Gasteiger partial charge in [-0.15, -0.1) is 5.10 Å². The lowest BCUT2D eigenvalue weighted by atomic mass is 10.2. The molecule has 0 aliphatic heterocycles. The number of nitrogens with zero attached hydrogens (tertiary/aromatic N) is 4. The first-order valence-electron chi connectivity index (χ1n) is 8.15. The van der Waals surface area contributed by atoms with Gasteiger partial charge in [0, 0.05) is 30.9 Å². The van der Waals surface area contributed by atoms with Crippen LogP contribution in [-0.4, -0.2) is 31.1 Å². The molecule has 0 amide bonds. The molecule has 3 aromatic heterocycles. The third-order valence-electron chi connectivity index (χ3n) is 4.12. The molecule has 0 saturated carbocycles. The Morgan fingerprint density at radius 3 is 2.71 bits per heavy atom. The van der Waals surface area contributed by atoms with Gasteiger partial charge in [0.25, 0.3) is 0 Å². The zero-order chi connectivity index (χ0) is 19.9. The molecular weight excluding hydrogens is 380 g/mol. The highest BCUT2D eigenvalue weighted by Crippen LogP contribution is 2.28. The Balaban J connectivity index is 1.58. The van der Waals surface area contributed by atoms with Crippen molar-refractivity contribution in [3.05, 3.63) is 64.1 Å². The highest BCUT2D eigenvalue weighted by atomic mass is 19.4. The maximum absolute atomic E-state index is 13.5. The normalized spacial score (nSPS) is 12.0. The van der Waals surface area contributed by atoms with Crippen LogP contribution in [0.1, 0.15) is 11.3 Å². The standard InChI is InChI=1S/C17H12F4N6O/c18-10-2-4-12-13(7-10)27-15(25-26-16(27)28)14(24-12)22-6-5-11-3-1-9(8-23-11)17(19,20)21/h1-4,7-8H,5-6H2,(H,22,24)(H,26,28). The Bertz CT molecular complexity index is 1210. The molecule has 0 spiro atoms. The molecule has 11 heteroatoms. The van der Waals surface area contributed by atoms with E-state index in [4.69, 9.17) is 0 Å². The number of aromatic amines is 1. The Morgan fingerprint density at radius 2 is 2.00 bits per heavy atom. The third kappa shape index (κ3) is 3.26. The molecule has 0 unspecified atom stereocenters. The van der Waals surface area contributed by atoms with E-state index in [9.17, 15) is 22.4 Å². The van der Waals surface area contributed by atoms with Crippen LogP contribution in [0.15, 0.2) is 41.3 Å². The fraction of sp³-hybridized carbons (Fsp3) is 0.176. The Labute approximate surface area is 154 Å². The number of nitrogens with one attached hydrogen (secondary N) is 2. The summed E-state index contributed by atoms with van der Waals surface area (Å²) in [4.78, 5) is 20.2. The smallest absolute Gasteiger partial charge is 0.367 e. The Hall–Kier alpha value is -3.50. The first-order chi connectivity index (χ1) is 13.3. The monoisotopic (exact) mass is 392 g/mol. The van der Waals surface area contributed by atoms with Crippen molar-refractivity contribution in [3.8, 4) is 0 Å². The molecule has 0 atom stereocenters. The molecule has 144 valence electrons. The summed E-state index contributed by atoms with van der Waals surface area (Å²) in [5.41, 5.74) is -0.0655. The summed E-state index contributed by atoms with van der Waals surface area (Å²) < 4.78 is 52.4. The quantitative estimate of drug-likeness (QED) is 0.522. The van der Waals surface area contributed by atoms with Crippen LogP contribution < -0.4 is 11.0 Å². The molecule has 0 aliphatic rings. The number of benzene rings is 1. The second kappa shape index (κ2) is 6.59. The van der Waals surface area contributed by atoms with Crippen molar-refractivity contribution < 1.29 is 17.6 Å². The highest BCUT2D eigenvalue weighted by molar-refractivity contribution is 5.82. The van der Waals surface area contributed by atoms with Crippen LogP contribution in [0.4, 0.5) is 23.4 Å². The van der Waals surface area contributed by atoms with Gasteiger partial charge in [0.1, 0.15) is 5.82 Å². The SMILES string of the molecule is O=c1[nH]nc2c(NCCc3ccc(C(F)(F)F)cn3)nc3ccc(F)cc3n12. The minimum atomic E-state index is -4.43. The fourth-order valence-electron chi connectivity index (χ4n) is 2.79. The predicted molar refractivity (Wildman–Crippen MR) is 92.5 cm³/mol. The summed E-state index contributed by atoms with van der Waals surface area (Å²) in [5.74, 6) is -0.234. The predicted octanol–water partition coefficient (Wildman–Crippen LogP) is 2.78. The topological polar surface area (TPSA) is 88.0 Å². The summed E-state index contributed by atoms with van der Waals surface area (Å²) in [6, 6.07) is 6.11. The van der Waals surface area contributed by atoms with Crippen LogP contribution >= 0.6 is 0 Å². The van der Waals surface area contributed by atoms with Crippen LogP contribution in [0.3, 0.4) is 0 Å². The van der Waals surface area contributed by atoms with Crippen LogP contribution in [0.5, 0.6) is 0 Å². The lowest BCUT2D eigenvalue weighted by molar-refractivity contribution is -0.137. The van der Waals surface area contributed by atoms with Gasteiger partial charge in [0.15, 0.2) is 5.82 Å². The molecule has 0 radical (unpaired) electrons. The molecule has 4 rings (SSSR count). The molecule has 28 heavy (non-hydrogen) atoms. The van der Waals surface area contributed by atoms with E-state index in [-0.39, 0.29) is 23.5 Å². The Kier molecular flexibility index (Phi) is 4.21. The van der Waals surface area contributed by atoms with E-state index in [0.717, 1.165) is 12.3 Å². The van der Waals surface area contributed by atoms with Crippen LogP contribution in [0.2, 0.25) is 0 Å². The van der Waals surface area contributed by atoms with Crippen molar-refractivity contribution in [2.75, 3.05) is 11.9 Å². The summed E-state index contributed by atoms with van der Waals surface area (Å²) in [7, 11) is 0. The molecule has 1 aromatic carbocycles. The van der Waals surface area contributed by atoms with Gasteiger partial charge in [-0.1, -0.05) is 0 Å². The van der Waals surface area contributed by atoms with Gasteiger partial charge in [-0.2, -0.15) is 13.2 Å². The van der Waals surface area contributed by atoms with E-state index in [0.29, 0.717) is 17.6 Å². The number of aromatic nitrogens is 5. The third-order valence-corrected chi connectivity index (χ3v) is 4.12. The summed E-state index contributed by atoms with van der Waals surface area (Å²) in [6.07, 6.45) is -3.33. The van der Waals surface area contributed by atoms with Gasteiger partial charge in [0.2, 0.25) is 5.65 Å². The summed E-state index contributed by atoms with van der Waals surface area (Å²) >= 11 is 0. The number of hydrogen-bond acceptors (Lipinski definition) is 5. The number of H-pyrrole nitrogens is 1. The van der Waals surface area contributed by atoms with Crippen molar-refractivity contribution in [3.63, 3.8) is 0 Å². The average Bonchev–Trinajstić information content (AvgIpc) is 3.04. The van der Waals surface area contributed by atoms with E-state index in [1.165, 1.54) is 28.7 Å². The number of pyridine rings is 1. The molecule has 0 aliphatic carbocycles. The van der Waals surface area contributed by atoms with E-state index in [1.54, 1.807) is 0 Å². The van der Waals surface area contributed by atoms with E-state index < -0.39 is 23.2 Å². The Morgan fingerprint density at radius 1 is 1.18 bits per heavy atom. The molecule has 4 aromatic rings. The molecule has 3 heterocycles.